The predicted octanol–water partition coefficient (Wildman–Crippen LogP) is 1.08. The van der Waals surface area contributed by atoms with Crippen LogP contribution in [0.25, 0.3) is 0 Å². The lowest BCUT2D eigenvalue weighted by molar-refractivity contribution is -0.0214. The molecule has 2 aliphatic rings. The first-order chi connectivity index (χ1) is 8.28. The topological polar surface area (TPSA) is 50.7 Å². The van der Waals surface area contributed by atoms with E-state index >= 15 is 0 Å². The molecule has 1 heterocycles. The van der Waals surface area contributed by atoms with Crippen molar-refractivity contribution < 1.29 is 14.6 Å². The molecule has 0 aromatic heterocycles. The molecule has 1 aliphatic carbocycles. The quantitative estimate of drug-likeness (QED) is 0.733. The summed E-state index contributed by atoms with van der Waals surface area (Å²) < 4.78 is 11.5. The first-order valence-corrected chi connectivity index (χ1v) is 6.87. The van der Waals surface area contributed by atoms with Gasteiger partial charge in [-0.3, -0.25) is 0 Å². The van der Waals surface area contributed by atoms with E-state index < -0.39 is 0 Å². The minimum Gasteiger partial charge on any atom is -0.394 e. The molecular formula is C13H25NO3. The van der Waals surface area contributed by atoms with Crippen molar-refractivity contribution >= 4 is 0 Å². The smallest absolute Gasteiger partial charge is 0.0809 e. The normalized spacial score (nSPS) is 37.8. The Hall–Kier alpha value is -0.160. The zero-order valence-electron chi connectivity index (χ0n) is 10.8. The van der Waals surface area contributed by atoms with Gasteiger partial charge in [-0.25, -0.2) is 0 Å². The van der Waals surface area contributed by atoms with Crippen molar-refractivity contribution in [2.45, 2.75) is 56.8 Å². The van der Waals surface area contributed by atoms with Crippen LogP contribution in [0.4, 0.5) is 0 Å². The Bertz CT molecular complexity index is 231. The van der Waals surface area contributed by atoms with Gasteiger partial charge in [0.1, 0.15) is 0 Å². The van der Waals surface area contributed by atoms with E-state index in [-0.39, 0.29) is 18.2 Å². The molecule has 0 amide bonds. The van der Waals surface area contributed by atoms with E-state index in [9.17, 15) is 5.11 Å². The first kappa shape index (κ1) is 13.3. The number of aliphatic hydroxyl groups excluding tert-OH is 1. The molecule has 2 fully saturated rings. The lowest BCUT2D eigenvalue weighted by atomic mass is 9.99. The molecule has 0 bridgehead atoms. The molecular weight excluding hydrogens is 218 g/mol. The van der Waals surface area contributed by atoms with Gasteiger partial charge in [0, 0.05) is 12.1 Å². The van der Waals surface area contributed by atoms with Gasteiger partial charge in [-0.2, -0.15) is 0 Å². The summed E-state index contributed by atoms with van der Waals surface area (Å²) in [4.78, 5) is 0. The Balaban J connectivity index is 1.72. The summed E-state index contributed by atoms with van der Waals surface area (Å²) in [5, 5.41) is 12.9. The van der Waals surface area contributed by atoms with Crippen LogP contribution >= 0.6 is 0 Å². The Morgan fingerprint density at radius 3 is 3.00 bits per heavy atom. The molecule has 3 unspecified atom stereocenters. The van der Waals surface area contributed by atoms with Crippen LogP contribution in [-0.4, -0.2) is 49.2 Å². The molecule has 0 radical (unpaired) electrons. The minimum absolute atomic E-state index is 0.101. The highest BCUT2D eigenvalue weighted by molar-refractivity contribution is 4.96. The lowest BCUT2D eigenvalue weighted by Gasteiger charge is -2.28. The van der Waals surface area contributed by atoms with E-state index in [2.05, 4.69) is 12.2 Å². The zero-order valence-corrected chi connectivity index (χ0v) is 10.8. The van der Waals surface area contributed by atoms with Gasteiger partial charge >= 0.3 is 0 Å². The fraction of sp³-hybridized carbons (Fsp3) is 1.00. The summed E-state index contributed by atoms with van der Waals surface area (Å²) in [7, 11) is 0. The van der Waals surface area contributed by atoms with E-state index in [1.165, 1.54) is 0 Å². The second-order valence-corrected chi connectivity index (χ2v) is 5.30. The van der Waals surface area contributed by atoms with Gasteiger partial charge < -0.3 is 19.9 Å². The molecule has 2 rings (SSSR count). The second-order valence-electron chi connectivity index (χ2n) is 5.30. The molecule has 0 aromatic carbocycles. The molecule has 4 nitrogen and oxygen atoms in total. The van der Waals surface area contributed by atoms with E-state index in [1.54, 1.807) is 0 Å². The standard InChI is InChI=1S/C13H25NO3/c1-2-14-13(10-15)6-5-11(8-13)17-9-12-4-3-7-16-12/h11-12,14-15H,2-10H2,1H3. The highest BCUT2D eigenvalue weighted by Crippen LogP contribution is 2.32. The predicted molar refractivity (Wildman–Crippen MR) is 66.1 cm³/mol. The fourth-order valence-electron chi connectivity index (χ4n) is 2.97. The van der Waals surface area contributed by atoms with E-state index in [1.807, 2.05) is 0 Å². The van der Waals surface area contributed by atoms with Gasteiger partial charge in [0.05, 0.1) is 25.4 Å². The molecule has 4 heteroatoms. The average Bonchev–Trinajstić information content (AvgIpc) is 2.96. The van der Waals surface area contributed by atoms with Crippen molar-refractivity contribution in [3.63, 3.8) is 0 Å². The highest BCUT2D eigenvalue weighted by Gasteiger charge is 2.38. The lowest BCUT2D eigenvalue weighted by Crippen LogP contribution is -2.46. The summed E-state index contributed by atoms with van der Waals surface area (Å²) in [5.41, 5.74) is -0.101. The van der Waals surface area contributed by atoms with Crippen molar-refractivity contribution in [2.75, 3.05) is 26.4 Å². The summed E-state index contributed by atoms with van der Waals surface area (Å²) in [6.45, 7) is 4.80. The number of ether oxygens (including phenoxy) is 2. The van der Waals surface area contributed by atoms with Crippen molar-refractivity contribution in [2.24, 2.45) is 0 Å². The van der Waals surface area contributed by atoms with Crippen molar-refractivity contribution in [3.8, 4) is 0 Å². The average molecular weight is 243 g/mol. The molecule has 3 atom stereocenters. The third-order valence-electron chi connectivity index (χ3n) is 3.96. The summed E-state index contributed by atoms with van der Waals surface area (Å²) >= 11 is 0. The molecule has 0 spiro atoms. The third-order valence-corrected chi connectivity index (χ3v) is 3.96. The maximum atomic E-state index is 9.50. The Kier molecular flexibility index (Phi) is 4.79. The van der Waals surface area contributed by atoms with Crippen LogP contribution in [0.3, 0.4) is 0 Å². The molecule has 1 saturated heterocycles. The summed E-state index contributed by atoms with van der Waals surface area (Å²) in [6, 6.07) is 0. The van der Waals surface area contributed by atoms with E-state index in [0.29, 0.717) is 6.10 Å². The van der Waals surface area contributed by atoms with Crippen LogP contribution in [0.1, 0.15) is 39.0 Å². The number of aliphatic hydroxyl groups is 1. The number of nitrogens with one attached hydrogen (secondary N) is 1. The Morgan fingerprint density at radius 1 is 1.47 bits per heavy atom. The number of hydrogen-bond donors (Lipinski definition) is 2. The summed E-state index contributed by atoms with van der Waals surface area (Å²) in [6.07, 6.45) is 5.85. The largest absolute Gasteiger partial charge is 0.394 e. The molecule has 2 N–H and O–H groups in total. The van der Waals surface area contributed by atoms with E-state index in [0.717, 1.165) is 51.9 Å². The first-order valence-electron chi connectivity index (χ1n) is 6.87. The van der Waals surface area contributed by atoms with Crippen LogP contribution in [0.15, 0.2) is 0 Å². The van der Waals surface area contributed by atoms with Crippen LogP contribution in [0, 0.1) is 0 Å². The SMILES string of the molecule is CCNC1(CO)CCC(OCC2CCCO2)C1. The third kappa shape index (κ3) is 3.41. The van der Waals surface area contributed by atoms with Crippen LogP contribution in [0.2, 0.25) is 0 Å². The number of rotatable bonds is 6. The summed E-state index contributed by atoms with van der Waals surface area (Å²) in [5.74, 6) is 0. The van der Waals surface area contributed by atoms with Crippen molar-refractivity contribution in [1.82, 2.24) is 5.32 Å². The molecule has 1 aliphatic heterocycles. The molecule has 1 saturated carbocycles. The van der Waals surface area contributed by atoms with Crippen LogP contribution < -0.4 is 5.32 Å². The highest BCUT2D eigenvalue weighted by atomic mass is 16.5. The molecule has 100 valence electrons. The zero-order chi connectivity index (χ0) is 12.1. The van der Waals surface area contributed by atoms with Crippen molar-refractivity contribution in [3.05, 3.63) is 0 Å². The maximum Gasteiger partial charge on any atom is 0.0809 e. The van der Waals surface area contributed by atoms with Gasteiger partial charge in [0.2, 0.25) is 0 Å². The van der Waals surface area contributed by atoms with Gasteiger partial charge in [0.15, 0.2) is 0 Å². The van der Waals surface area contributed by atoms with Gasteiger partial charge in [-0.05, 0) is 38.6 Å². The van der Waals surface area contributed by atoms with E-state index in [4.69, 9.17) is 9.47 Å². The van der Waals surface area contributed by atoms with Crippen LogP contribution in [-0.2, 0) is 9.47 Å². The van der Waals surface area contributed by atoms with Gasteiger partial charge in [0.25, 0.3) is 0 Å². The molecule has 0 aromatic rings. The van der Waals surface area contributed by atoms with Gasteiger partial charge in [-0.1, -0.05) is 6.92 Å². The van der Waals surface area contributed by atoms with Crippen molar-refractivity contribution in [1.29, 1.82) is 0 Å². The number of likely N-dealkylation sites (N-methyl/N-ethyl adjacent to an activating group) is 1. The monoisotopic (exact) mass is 243 g/mol. The Morgan fingerprint density at radius 2 is 2.35 bits per heavy atom. The molecule has 17 heavy (non-hydrogen) atoms. The number of hydrogen-bond acceptors (Lipinski definition) is 4. The Labute approximate surface area is 104 Å². The second kappa shape index (κ2) is 6.14. The van der Waals surface area contributed by atoms with Crippen LogP contribution in [0.5, 0.6) is 0 Å². The maximum absolute atomic E-state index is 9.50. The van der Waals surface area contributed by atoms with Gasteiger partial charge in [-0.15, -0.1) is 0 Å². The minimum atomic E-state index is -0.101. The fourth-order valence-corrected chi connectivity index (χ4v) is 2.97.